The Hall–Kier alpha value is -1.14. The molecule has 25 heavy (non-hydrogen) atoms. The lowest BCUT2D eigenvalue weighted by Gasteiger charge is -2.15. The maximum absolute atomic E-state index is 11.4. The van der Waals surface area contributed by atoms with Gasteiger partial charge in [0.05, 0.1) is 19.8 Å². The number of amides is 3. The Kier molecular flexibility index (Phi) is 10.7. The summed E-state index contributed by atoms with van der Waals surface area (Å²) in [5.41, 5.74) is 0. The van der Waals surface area contributed by atoms with Crippen LogP contribution in [0.1, 0.15) is 12.8 Å². The van der Waals surface area contributed by atoms with Crippen molar-refractivity contribution in [1.82, 2.24) is 20.9 Å². The normalized spacial score (nSPS) is 20.4. The number of halogens is 1. The van der Waals surface area contributed by atoms with Crippen molar-refractivity contribution in [3.8, 4) is 0 Å². The SMILES string of the molecule is CN=C(NCCCOCC1CCOC1)NCCN1C(=O)CNC1=O.I. The van der Waals surface area contributed by atoms with Crippen LogP contribution in [0.25, 0.3) is 0 Å². The maximum Gasteiger partial charge on any atom is 0.324 e. The molecular weight excluding hydrogens is 441 g/mol. The number of guanidine groups is 1. The summed E-state index contributed by atoms with van der Waals surface area (Å²) in [5.74, 6) is 0.985. The van der Waals surface area contributed by atoms with Gasteiger partial charge in [-0.2, -0.15) is 0 Å². The molecule has 2 aliphatic heterocycles. The summed E-state index contributed by atoms with van der Waals surface area (Å²) in [6.45, 7) is 4.72. The van der Waals surface area contributed by atoms with E-state index in [-0.39, 0.29) is 42.5 Å². The van der Waals surface area contributed by atoms with E-state index in [0.29, 0.717) is 31.6 Å². The topological polar surface area (TPSA) is 104 Å². The van der Waals surface area contributed by atoms with Gasteiger partial charge < -0.3 is 25.4 Å². The molecule has 0 spiro atoms. The molecule has 3 amide bonds. The summed E-state index contributed by atoms with van der Waals surface area (Å²) < 4.78 is 10.9. The van der Waals surface area contributed by atoms with E-state index < -0.39 is 0 Å². The number of carbonyl (C=O) groups excluding carboxylic acids is 2. The van der Waals surface area contributed by atoms with Crippen molar-refractivity contribution >= 4 is 41.9 Å². The van der Waals surface area contributed by atoms with Crippen LogP contribution >= 0.6 is 24.0 Å². The molecule has 0 aromatic heterocycles. The first kappa shape index (κ1) is 21.9. The van der Waals surface area contributed by atoms with Crippen LogP contribution in [0.4, 0.5) is 4.79 Å². The van der Waals surface area contributed by atoms with Gasteiger partial charge >= 0.3 is 6.03 Å². The predicted octanol–water partition coefficient (Wildman–Crippen LogP) is -0.236. The van der Waals surface area contributed by atoms with Gasteiger partial charge in [-0.15, -0.1) is 24.0 Å². The quantitative estimate of drug-likeness (QED) is 0.142. The molecule has 9 nitrogen and oxygen atoms in total. The Morgan fingerprint density at radius 3 is 2.84 bits per heavy atom. The van der Waals surface area contributed by atoms with E-state index in [2.05, 4.69) is 20.9 Å². The summed E-state index contributed by atoms with van der Waals surface area (Å²) >= 11 is 0. The van der Waals surface area contributed by atoms with Gasteiger partial charge in [0, 0.05) is 45.8 Å². The van der Waals surface area contributed by atoms with Crippen molar-refractivity contribution in [3.63, 3.8) is 0 Å². The van der Waals surface area contributed by atoms with Crippen molar-refractivity contribution in [2.45, 2.75) is 12.8 Å². The number of nitrogens with zero attached hydrogens (tertiary/aromatic N) is 2. The number of rotatable bonds is 9. The molecule has 0 radical (unpaired) electrons. The van der Waals surface area contributed by atoms with Crippen LogP contribution in [-0.2, 0) is 14.3 Å². The van der Waals surface area contributed by atoms with E-state index in [4.69, 9.17) is 9.47 Å². The Balaban J connectivity index is 0.00000312. The van der Waals surface area contributed by atoms with Gasteiger partial charge in [-0.25, -0.2) is 4.79 Å². The molecule has 144 valence electrons. The van der Waals surface area contributed by atoms with Crippen LogP contribution in [-0.4, -0.2) is 82.5 Å². The van der Waals surface area contributed by atoms with Crippen molar-refractivity contribution < 1.29 is 19.1 Å². The fraction of sp³-hybridized carbons (Fsp3) is 0.800. The van der Waals surface area contributed by atoms with Crippen LogP contribution < -0.4 is 16.0 Å². The highest BCUT2D eigenvalue weighted by molar-refractivity contribution is 14.0. The van der Waals surface area contributed by atoms with Crippen LogP contribution in [0.5, 0.6) is 0 Å². The van der Waals surface area contributed by atoms with E-state index >= 15 is 0 Å². The molecule has 0 aromatic rings. The molecule has 2 rings (SSSR count). The van der Waals surface area contributed by atoms with Gasteiger partial charge in [-0.3, -0.25) is 14.7 Å². The summed E-state index contributed by atoms with van der Waals surface area (Å²) in [6, 6.07) is -0.338. The minimum Gasteiger partial charge on any atom is -0.381 e. The molecule has 2 saturated heterocycles. The molecule has 0 saturated carbocycles. The minimum absolute atomic E-state index is 0. The predicted molar refractivity (Wildman–Crippen MR) is 104 cm³/mol. The van der Waals surface area contributed by atoms with Gasteiger partial charge in [-0.1, -0.05) is 0 Å². The molecular formula is C15H28IN5O4. The van der Waals surface area contributed by atoms with Gasteiger partial charge in [0.25, 0.3) is 0 Å². The second-order valence-electron chi connectivity index (χ2n) is 5.79. The Bertz CT molecular complexity index is 441. The largest absolute Gasteiger partial charge is 0.381 e. The van der Waals surface area contributed by atoms with Gasteiger partial charge in [-0.05, 0) is 12.8 Å². The average Bonchev–Trinajstić information content (AvgIpc) is 3.20. The van der Waals surface area contributed by atoms with Crippen molar-refractivity contribution in [1.29, 1.82) is 0 Å². The summed E-state index contributed by atoms with van der Waals surface area (Å²) in [7, 11) is 1.68. The van der Waals surface area contributed by atoms with Gasteiger partial charge in [0.2, 0.25) is 5.91 Å². The van der Waals surface area contributed by atoms with Crippen molar-refractivity contribution in [2.24, 2.45) is 10.9 Å². The lowest BCUT2D eigenvalue weighted by molar-refractivity contribution is -0.124. The molecule has 1 unspecified atom stereocenters. The zero-order valence-electron chi connectivity index (χ0n) is 14.6. The number of hydrogen-bond acceptors (Lipinski definition) is 5. The van der Waals surface area contributed by atoms with E-state index in [1.165, 1.54) is 4.90 Å². The van der Waals surface area contributed by atoms with Crippen molar-refractivity contribution in [2.75, 3.05) is 59.7 Å². The fourth-order valence-corrected chi connectivity index (χ4v) is 2.53. The Labute approximate surface area is 165 Å². The number of urea groups is 1. The highest BCUT2D eigenvalue weighted by atomic mass is 127. The second kappa shape index (κ2) is 12.3. The minimum atomic E-state index is -0.338. The number of hydrogen-bond donors (Lipinski definition) is 3. The van der Waals surface area contributed by atoms with Crippen molar-refractivity contribution in [3.05, 3.63) is 0 Å². The van der Waals surface area contributed by atoms with Crippen LogP contribution in [0, 0.1) is 5.92 Å². The molecule has 0 aliphatic carbocycles. The van der Waals surface area contributed by atoms with E-state index in [1.54, 1.807) is 7.05 Å². The third-order valence-electron chi connectivity index (χ3n) is 3.92. The van der Waals surface area contributed by atoms with Gasteiger partial charge in [0.1, 0.15) is 0 Å². The lowest BCUT2D eigenvalue weighted by Crippen LogP contribution is -2.43. The Morgan fingerprint density at radius 1 is 1.40 bits per heavy atom. The van der Waals surface area contributed by atoms with Crippen LogP contribution in [0.15, 0.2) is 4.99 Å². The molecule has 2 aliphatic rings. The first-order valence-electron chi connectivity index (χ1n) is 8.39. The van der Waals surface area contributed by atoms with E-state index in [9.17, 15) is 9.59 Å². The number of ether oxygens (including phenoxy) is 2. The zero-order chi connectivity index (χ0) is 17.2. The summed E-state index contributed by atoms with van der Waals surface area (Å²) in [4.78, 5) is 28.1. The number of nitrogens with one attached hydrogen (secondary N) is 3. The standard InChI is InChI=1S/C15H27N5O4.HI/c1-16-14(18-5-6-20-13(21)9-19-15(20)22)17-4-2-7-23-10-12-3-8-24-11-12;/h12H,2-11H2,1H3,(H,19,22)(H2,16,17,18);1H. The molecule has 2 heterocycles. The molecule has 2 fully saturated rings. The van der Waals surface area contributed by atoms with E-state index in [0.717, 1.165) is 39.2 Å². The lowest BCUT2D eigenvalue weighted by atomic mass is 10.1. The molecule has 0 aromatic carbocycles. The van der Waals surface area contributed by atoms with Crippen LogP contribution in [0.2, 0.25) is 0 Å². The second-order valence-corrected chi connectivity index (χ2v) is 5.79. The first-order chi connectivity index (χ1) is 11.7. The Morgan fingerprint density at radius 2 is 2.20 bits per heavy atom. The molecule has 1 atom stereocenters. The third kappa shape index (κ3) is 7.74. The fourth-order valence-electron chi connectivity index (χ4n) is 2.53. The van der Waals surface area contributed by atoms with E-state index in [1.807, 2.05) is 0 Å². The first-order valence-corrected chi connectivity index (χ1v) is 8.39. The maximum atomic E-state index is 11.4. The monoisotopic (exact) mass is 469 g/mol. The summed E-state index contributed by atoms with van der Waals surface area (Å²) in [5, 5.41) is 8.74. The summed E-state index contributed by atoms with van der Waals surface area (Å²) in [6.07, 6.45) is 1.97. The number of carbonyl (C=O) groups is 2. The average molecular weight is 469 g/mol. The highest BCUT2D eigenvalue weighted by Gasteiger charge is 2.27. The smallest absolute Gasteiger partial charge is 0.324 e. The number of imide groups is 1. The molecule has 10 heteroatoms. The number of aliphatic imine (C=N–C) groups is 1. The molecule has 0 bridgehead atoms. The van der Waals surface area contributed by atoms with Gasteiger partial charge in [0.15, 0.2) is 5.96 Å². The van der Waals surface area contributed by atoms with Crippen LogP contribution in [0.3, 0.4) is 0 Å². The molecule has 3 N–H and O–H groups in total. The highest BCUT2D eigenvalue weighted by Crippen LogP contribution is 2.12. The zero-order valence-corrected chi connectivity index (χ0v) is 16.9. The third-order valence-corrected chi connectivity index (χ3v) is 3.92.